The van der Waals surface area contributed by atoms with Gasteiger partial charge in [-0.25, -0.2) is 0 Å². The largest absolute Gasteiger partial charge is 0.497 e. The van der Waals surface area contributed by atoms with Crippen LogP contribution in [0.2, 0.25) is 0 Å². The van der Waals surface area contributed by atoms with Crippen molar-refractivity contribution in [3.05, 3.63) is 23.0 Å². The van der Waals surface area contributed by atoms with Gasteiger partial charge in [0.25, 0.3) is 0 Å². The molecule has 2 rings (SSSR count). The van der Waals surface area contributed by atoms with Gasteiger partial charge in [0.15, 0.2) is 4.77 Å². The molecule has 0 aliphatic heterocycles. The average Bonchev–Trinajstić information content (AvgIpc) is 2.68. The number of fused-ring (bicyclic) bond motifs is 1. The Kier molecular flexibility index (Phi) is 4.34. The number of imidazole rings is 1. The monoisotopic (exact) mass is 306 g/mol. The summed E-state index contributed by atoms with van der Waals surface area (Å²) < 4.78 is 47.8. The van der Waals surface area contributed by atoms with E-state index >= 15 is 0 Å². The standard InChI is InChI=1S/C12H13F3N2O2S/c1-18-8-2-3-9-10(6-8)17(11(20)16-9)4-5-19-7-12(13,14)15/h2-3,6H,4-5,7H2,1H3,(H,16,20). The Labute approximate surface area is 118 Å². The number of ether oxygens (including phenoxy) is 2. The van der Waals surface area contributed by atoms with E-state index in [9.17, 15) is 13.2 Å². The van der Waals surface area contributed by atoms with Crippen molar-refractivity contribution in [1.82, 2.24) is 9.55 Å². The number of nitrogens with zero attached hydrogens (tertiary/aromatic N) is 1. The Hall–Kier alpha value is -1.54. The van der Waals surface area contributed by atoms with Gasteiger partial charge in [0.1, 0.15) is 12.4 Å². The van der Waals surface area contributed by atoms with Gasteiger partial charge in [0.05, 0.1) is 24.8 Å². The Morgan fingerprint density at radius 2 is 2.10 bits per heavy atom. The van der Waals surface area contributed by atoms with Crippen molar-refractivity contribution in [3.63, 3.8) is 0 Å². The van der Waals surface area contributed by atoms with E-state index in [1.165, 1.54) is 0 Å². The minimum Gasteiger partial charge on any atom is -0.497 e. The van der Waals surface area contributed by atoms with Gasteiger partial charge < -0.3 is 19.0 Å². The van der Waals surface area contributed by atoms with E-state index in [0.717, 1.165) is 11.0 Å². The van der Waals surface area contributed by atoms with Gasteiger partial charge in [-0.05, 0) is 24.4 Å². The molecule has 1 aromatic carbocycles. The summed E-state index contributed by atoms with van der Waals surface area (Å²) in [4.78, 5) is 2.98. The fraction of sp³-hybridized carbons (Fsp3) is 0.417. The summed E-state index contributed by atoms with van der Waals surface area (Å²) in [6.07, 6.45) is -4.31. The van der Waals surface area contributed by atoms with Crippen molar-refractivity contribution in [2.45, 2.75) is 12.7 Å². The van der Waals surface area contributed by atoms with Gasteiger partial charge in [-0.2, -0.15) is 13.2 Å². The molecule has 0 saturated carbocycles. The molecule has 0 unspecified atom stereocenters. The van der Waals surface area contributed by atoms with E-state index in [-0.39, 0.29) is 13.2 Å². The Balaban J connectivity index is 2.13. The van der Waals surface area contributed by atoms with Crippen molar-refractivity contribution < 1.29 is 22.6 Å². The molecule has 0 aliphatic carbocycles. The number of rotatable bonds is 5. The second-order valence-electron chi connectivity index (χ2n) is 4.13. The molecule has 0 radical (unpaired) electrons. The van der Waals surface area contributed by atoms with Crippen LogP contribution in [0.3, 0.4) is 0 Å². The minimum absolute atomic E-state index is 0.0714. The summed E-state index contributed by atoms with van der Waals surface area (Å²) in [5, 5.41) is 0. The number of benzene rings is 1. The van der Waals surface area contributed by atoms with Crippen LogP contribution in [0.15, 0.2) is 18.2 Å². The summed E-state index contributed by atoms with van der Waals surface area (Å²) >= 11 is 5.14. The quantitative estimate of drug-likeness (QED) is 0.680. The lowest BCUT2D eigenvalue weighted by atomic mass is 10.3. The van der Waals surface area contributed by atoms with Crippen molar-refractivity contribution in [2.75, 3.05) is 20.3 Å². The number of nitrogens with one attached hydrogen (secondary N) is 1. The highest BCUT2D eigenvalue weighted by Crippen LogP contribution is 2.21. The molecule has 0 aliphatic rings. The molecule has 0 saturated heterocycles. The molecule has 2 aromatic rings. The first-order chi connectivity index (χ1) is 9.40. The molecular weight excluding hydrogens is 293 g/mol. The summed E-state index contributed by atoms with van der Waals surface area (Å²) in [5.41, 5.74) is 1.57. The van der Waals surface area contributed by atoms with Crippen LogP contribution in [-0.2, 0) is 11.3 Å². The first kappa shape index (κ1) is 14.9. The molecule has 20 heavy (non-hydrogen) atoms. The summed E-state index contributed by atoms with van der Waals surface area (Å²) in [6.45, 7) is -1.09. The van der Waals surface area contributed by atoms with E-state index in [1.807, 2.05) is 0 Å². The third-order valence-electron chi connectivity index (χ3n) is 2.71. The fourth-order valence-electron chi connectivity index (χ4n) is 1.83. The fourth-order valence-corrected chi connectivity index (χ4v) is 2.12. The van der Waals surface area contributed by atoms with Crippen molar-refractivity contribution in [1.29, 1.82) is 0 Å². The maximum atomic E-state index is 12.0. The molecule has 0 bridgehead atoms. The highest BCUT2D eigenvalue weighted by atomic mass is 32.1. The predicted molar refractivity (Wildman–Crippen MR) is 70.5 cm³/mol. The Morgan fingerprint density at radius 1 is 1.35 bits per heavy atom. The predicted octanol–water partition coefficient (Wildman–Crippen LogP) is 3.29. The highest BCUT2D eigenvalue weighted by molar-refractivity contribution is 7.71. The van der Waals surface area contributed by atoms with Gasteiger partial charge in [-0.1, -0.05) is 0 Å². The van der Waals surface area contributed by atoms with E-state index < -0.39 is 12.8 Å². The maximum absolute atomic E-state index is 12.0. The molecule has 1 aromatic heterocycles. The lowest BCUT2D eigenvalue weighted by Crippen LogP contribution is -2.19. The zero-order valence-electron chi connectivity index (χ0n) is 10.7. The lowest BCUT2D eigenvalue weighted by molar-refractivity contribution is -0.174. The van der Waals surface area contributed by atoms with E-state index in [4.69, 9.17) is 17.0 Å². The molecule has 4 nitrogen and oxygen atoms in total. The second-order valence-corrected chi connectivity index (χ2v) is 4.52. The molecule has 110 valence electrons. The van der Waals surface area contributed by atoms with Gasteiger partial charge >= 0.3 is 6.18 Å². The number of methoxy groups -OCH3 is 1. The number of halogens is 3. The number of aromatic nitrogens is 2. The smallest absolute Gasteiger partial charge is 0.411 e. The number of hydrogen-bond acceptors (Lipinski definition) is 3. The first-order valence-corrected chi connectivity index (χ1v) is 6.22. The van der Waals surface area contributed by atoms with Crippen molar-refractivity contribution in [2.24, 2.45) is 0 Å². The average molecular weight is 306 g/mol. The van der Waals surface area contributed by atoms with Crippen LogP contribution in [0, 0.1) is 4.77 Å². The molecule has 0 spiro atoms. The normalized spacial score (nSPS) is 12.0. The van der Waals surface area contributed by atoms with Gasteiger partial charge in [-0.15, -0.1) is 0 Å². The summed E-state index contributed by atoms with van der Waals surface area (Å²) in [5.74, 6) is 0.649. The van der Waals surface area contributed by atoms with E-state index in [2.05, 4.69) is 9.72 Å². The topological polar surface area (TPSA) is 39.2 Å². The molecule has 8 heteroatoms. The van der Waals surface area contributed by atoms with Crippen LogP contribution in [0.25, 0.3) is 11.0 Å². The van der Waals surface area contributed by atoms with Crippen LogP contribution >= 0.6 is 12.2 Å². The summed E-state index contributed by atoms with van der Waals surface area (Å²) in [7, 11) is 1.54. The highest BCUT2D eigenvalue weighted by Gasteiger charge is 2.27. The van der Waals surface area contributed by atoms with E-state index in [0.29, 0.717) is 10.5 Å². The molecule has 0 amide bonds. The Bertz CT molecular complexity index is 648. The number of hydrogen-bond donors (Lipinski definition) is 1. The zero-order chi connectivity index (χ0) is 14.8. The van der Waals surface area contributed by atoms with Crippen LogP contribution < -0.4 is 4.74 Å². The van der Waals surface area contributed by atoms with Crippen LogP contribution in [0.5, 0.6) is 5.75 Å². The Morgan fingerprint density at radius 3 is 2.75 bits per heavy atom. The summed E-state index contributed by atoms with van der Waals surface area (Å²) in [6, 6.07) is 5.35. The molecule has 1 N–H and O–H groups in total. The molecule has 0 atom stereocenters. The number of H-pyrrole nitrogens is 1. The van der Waals surface area contributed by atoms with Crippen LogP contribution in [0.4, 0.5) is 13.2 Å². The van der Waals surface area contributed by atoms with E-state index in [1.54, 1.807) is 29.9 Å². The third kappa shape index (κ3) is 3.51. The first-order valence-electron chi connectivity index (χ1n) is 5.82. The van der Waals surface area contributed by atoms with Gasteiger partial charge in [-0.3, -0.25) is 0 Å². The van der Waals surface area contributed by atoms with Crippen molar-refractivity contribution >= 4 is 23.3 Å². The van der Waals surface area contributed by atoms with Gasteiger partial charge in [0, 0.05) is 12.6 Å². The minimum atomic E-state index is -4.31. The lowest BCUT2D eigenvalue weighted by Gasteiger charge is -2.09. The number of alkyl halides is 3. The third-order valence-corrected chi connectivity index (χ3v) is 3.03. The van der Waals surface area contributed by atoms with Crippen LogP contribution in [0.1, 0.15) is 0 Å². The van der Waals surface area contributed by atoms with Crippen LogP contribution in [-0.4, -0.2) is 36.1 Å². The molecule has 0 fully saturated rings. The SMILES string of the molecule is COc1ccc2[nH]c(=S)n(CCOCC(F)(F)F)c2c1. The van der Waals surface area contributed by atoms with Crippen molar-refractivity contribution in [3.8, 4) is 5.75 Å². The molecular formula is C12H13F3N2O2S. The zero-order valence-corrected chi connectivity index (χ0v) is 11.5. The second kappa shape index (κ2) is 5.84. The molecule has 1 heterocycles. The number of aromatic amines is 1. The van der Waals surface area contributed by atoms with Gasteiger partial charge in [0.2, 0.25) is 0 Å². The maximum Gasteiger partial charge on any atom is 0.411 e.